The van der Waals surface area contributed by atoms with Gasteiger partial charge in [0, 0.05) is 10.4 Å². The highest BCUT2D eigenvalue weighted by Crippen LogP contribution is 2.46. The van der Waals surface area contributed by atoms with Crippen molar-refractivity contribution in [1.29, 1.82) is 5.26 Å². The summed E-state index contributed by atoms with van der Waals surface area (Å²) in [6.07, 6.45) is 0. The summed E-state index contributed by atoms with van der Waals surface area (Å²) in [5, 5.41) is 18.9. The molecule has 0 aliphatic carbocycles. The zero-order valence-corrected chi connectivity index (χ0v) is 14.1. The molecule has 0 amide bonds. The third-order valence-electron chi connectivity index (χ3n) is 4.13. The minimum Gasteiger partial charge on any atom is -0.497 e. The molecule has 0 radical (unpaired) electrons. The van der Waals surface area contributed by atoms with E-state index < -0.39 is 0 Å². The lowest BCUT2D eigenvalue weighted by atomic mass is 9.87. The molecular weight excluding hydrogens is 336 g/mol. The van der Waals surface area contributed by atoms with Crippen LogP contribution in [0.1, 0.15) is 16.4 Å². The summed E-state index contributed by atoms with van der Waals surface area (Å²) in [6, 6.07) is 13.8. The number of hydrogen-bond acceptors (Lipinski definition) is 6. The Morgan fingerprint density at radius 1 is 1.36 bits per heavy atom. The first kappa shape index (κ1) is 15.3. The minimum atomic E-state index is -0.311. The number of H-pyrrole nitrogens is 1. The Hall–Kier alpha value is -3.24. The van der Waals surface area contributed by atoms with Gasteiger partial charge < -0.3 is 15.2 Å². The van der Waals surface area contributed by atoms with Crippen LogP contribution in [-0.4, -0.2) is 17.3 Å². The Bertz CT molecular complexity index is 999. The number of ether oxygens (including phenoxy) is 2. The molecule has 25 heavy (non-hydrogen) atoms. The molecule has 1 atom stereocenters. The number of nitriles is 1. The lowest BCUT2D eigenvalue weighted by Crippen LogP contribution is -2.20. The predicted molar refractivity (Wildman–Crippen MR) is 94.2 cm³/mol. The average Bonchev–Trinajstić information content (AvgIpc) is 3.30. The number of thiophene rings is 1. The molecule has 3 heterocycles. The fraction of sp³-hybridized carbons (Fsp3) is 0.111. The molecule has 4 rings (SSSR count). The molecule has 124 valence electrons. The number of allylic oxidation sites excluding steroid dienone is 1. The number of nitrogens with two attached hydrogens (primary N) is 1. The van der Waals surface area contributed by atoms with E-state index in [0.29, 0.717) is 11.5 Å². The number of hydrogen-bond donors (Lipinski definition) is 2. The van der Waals surface area contributed by atoms with E-state index in [1.54, 1.807) is 18.4 Å². The van der Waals surface area contributed by atoms with Crippen molar-refractivity contribution in [1.82, 2.24) is 10.2 Å². The van der Waals surface area contributed by atoms with E-state index in [2.05, 4.69) is 16.3 Å². The van der Waals surface area contributed by atoms with Crippen LogP contribution in [0.2, 0.25) is 0 Å². The SMILES string of the molecule is COc1cccc(-c2[nH]nc3c2[C@H](c2cccs2)C(C#N)=C(N)O3)c1. The smallest absolute Gasteiger partial charge is 0.244 e. The average molecular weight is 350 g/mol. The van der Waals surface area contributed by atoms with Gasteiger partial charge in [-0.15, -0.1) is 16.4 Å². The molecule has 0 bridgehead atoms. The van der Waals surface area contributed by atoms with Crippen molar-refractivity contribution in [2.75, 3.05) is 7.11 Å². The van der Waals surface area contributed by atoms with E-state index in [0.717, 1.165) is 27.4 Å². The third kappa shape index (κ3) is 2.44. The summed E-state index contributed by atoms with van der Waals surface area (Å²) in [4.78, 5) is 1.01. The summed E-state index contributed by atoms with van der Waals surface area (Å²) >= 11 is 1.57. The van der Waals surface area contributed by atoms with E-state index in [-0.39, 0.29) is 11.8 Å². The summed E-state index contributed by atoms with van der Waals surface area (Å²) in [7, 11) is 1.62. The van der Waals surface area contributed by atoms with Crippen molar-refractivity contribution < 1.29 is 9.47 Å². The zero-order valence-electron chi connectivity index (χ0n) is 13.3. The highest BCUT2D eigenvalue weighted by Gasteiger charge is 2.36. The highest BCUT2D eigenvalue weighted by atomic mass is 32.1. The third-order valence-corrected chi connectivity index (χ3v) is 5.06. The van der Waals surface area contributed by atoms with E-state index >= 15 is 0 Å². The van der Waals surface area contributed by atoms with E-state index in [1.807, 2.05) is 41.8 Å². The molecule has 1 aliphatic heterocycles. The molecule has 0 fully saturated rings. The maximum absolute atomic E-state index is 9.62. The standard InChI is InChI=1S/C18H14N4O2S/c1-23-11-5-2-4-10(8-11)16-15-14(13-6-3-7-25-13)12(9-19)17(20)24-18(15)22-21-16/h2-8,14H,20H2,1H3,(H,21,22)/t14-/m0/s1. The Morgan fingerprint density at radius 3 is 2.96 bits per heavy atom. The van der Waals surface area contributed by atoms with Gasteiger partial charge in [0.15, 0.2) is 0 Å². The molecule has 1 aliphatic rings. The van der Waals surface area contributed by atoms with Crippen molar-refractivity contribution in [2.45, 2.75) is 5.92 Å². The first-order valence-corrected chi connectivity index (χ1v) is 8.44. The lowest BCUT2D eigenvalue weighted by Gasteiger charge is -2.22. The van der Waals surface area contributed by atoms with Gasteiger partial charge >= 0.3 is 0 Å². The van der Waals surface area contributed by atoms with Crippen LogP contribution in [0, 0.1) is 11.3 Å². The number of benzene rings is 1. The van der Waals surface area contributed by atoms with Crippen molar-refractivity contribution in [3.63, 3.8) is 0 Å². The summed E-state index contributed by atoms with van der Waals surface area (Å²) in [5.74, 6) is 0.916. The molecule has 6 nitrogen and oxygen atoms in total. The van der Waals surface area contributed by atoms with Crippen molar-refractivity contribution in [3.05, 3.63) is 63.7 Å². The fourth-order valence-corrected chi connectivity index (χ4v) is 3.83. The van der Waals surface area contributed by atoms with Crippen LogP contribution in [0.4, 0.5) is 0 Å². The first-order chi connectivity index (χ1) is 12.2. The Morgan fingerprint density at radius 2 is 2.24 bits per heavy atom. The molecule has 0 spiro atoms. The quantitative estimate of drug-likeness (QED) is 0.755. The van der Waals surface area contributed by atoms with Crippen LogP contribution in [0.3, 0.4) is 0 Å². The molecule has 0 saturated carbocycles. The molecule has 1 aromatic carbocycles. The van der Waals surface area contributed by atoms with E-state index in [9.17, 15) is 5.26 Å². The van der Waals surface area contributed by atoms with Crippen LogP contribution in [0.25, 0.3) is 11.3 Å². The lowest BCUT2D eigenvalue weighted by molar-refractivity contribution is 0.379. The summed E-state index contributed by atoms with van der Waals surface area (Å²) in [6.45, 7) is 0. The van der Waals surface area contributed by atoms with Crippen molar-refractivity contribution >= 4 is 11.3 Å². The first-order valence-electron chi connectivity index (χ1n) is 7.56. The summed E-state index contributed by atoms with van der Waals surface area (Å²) < 4.78 is 10.9. The molecule has 0 unspecified atom stereocenters. The highest BCUT2D eigenvalue weighted by molar-refractivity contribution is 7.10. The normalized spacial score (nSPS) is 16.1. The number of fused-ring (bicyclic) bond motifs is 1. The zero-order chi connectivity index (χ0) is 17.4. The predicted octanol–water partition coefficient (Wildman–Crippen LogP) is 3.36. The van der Waals surface area contributed by atoms with E-state index in [1.165, 1.54) is 0 Å². The molecule has 0 saturated heterocycles. The van der Waals surface area contributed by atoms with Crippen LogP contribution in [0.15, 0.2) is 53.2 Å². The number of aromatic amines is 1. The topological polar surface area (TPSA) is 97.0 Å². The van der Waals surface area contributed by atoms with Gasteiger partial charge in [-0.1, -0.05) is 18.2 Å². The Balaban J connectivity index is 1.93. The van der Waals surface area contributed by atoms with Crippen LogP contribution < -0.4 is 15.2 Å². The second kappa shape index (κ2) is 6.00. The van der Waals surface area contributed by atoms with Gasteiger partial charge in [0.2, 0.25) is 11.8 Å². The second-order valence-corrected chi connectivity index (χ2v) is 6.47. The number of aromatic nitrogens is 2. The molecule has 7 heteroatoms. The van der Waals surface area contributed by atoms with E-state index in [4.69, 9.17) is 15.2 Å². The van der Waals surface area contributed by atoms with Crippen molar-refractivity contribution in [2.24, 2.45) is 5.73 Å². The van der Waals surface area contributed by atoms with Gasteiger partial charge in [-0.2, -0.15) is 5.26 Å². The Kier molecular flexibility index (Phi) is 3.67. The molecule has 2 aromatic heterocycles. The van der Waals surface area contributed by atoms with Gasteiger partial charge in [-0.25, -0.2) is 0 Å². The van der Waals surface area contributed by atoms with Gasteiger partial charge in [0.05, 0.1) is 24.3 Å². The largest absolute Gasteiger partial charge is 0.497 e. The Labute approximate surface area is 148 Å². The van der Waals surface area contributed by atoms with Gasteiger partial charge in [0.1, 0.15) is 17.4 Å². The number of nitrogens with one attached hydrogen (secondary N) is 1. The van der Waals surface area contributed by atoms with Crippen LogP contribution in [-0.2, 0) is 0 Å². The van der Waals surface area contributed by atoms with Gasteiger partial charge in [-0.3, -0.25) is 5.10 Å². The minimum absolute atomic E-state index is 0.0945. The molecule has 3 N–H and O–H groups in total. The van der Waals surface area contributed by atoms with Crippen LogP contribution in [0.5, 0.6) is 11.6 Å². The van der Waals surface area contributed by atoms with Gasteiger partial charge in [0.25, 0.3) is 0 Å². The van der Waals surface area contributed by atoms with Crippen molar-refractivity contribution in [3.8, 4) is 29.0 Å². The number of nitrogens with zero attached hydrogens (tertiary/aromatic N) is 2. The molecule has 3 aromatic rings. The van der Waals surface area contributed by atoms with Crippen LogP contribution >= 0.6 is 11.3 Å². The van der Waals surface area contributed by atoms with Gasteiger partial charge in [-0.05, 0) is 23.6 Å². The number of rotatable bonds is 3. The maximum atomic E-state index is 9.62. The maximum Gasteiger partial charge on any atom is 0.244 e. The summed E-state index contributed by atoms with van der Waals surface area (Å²) in [5.41, 5.74) is 8.84. The number of methoxy groups -OCH3 is 1. The second-order valence-electron chi connectivity index (χ2n) is 5.49. The fourth-order valence-electron chi connectivity index (χ4n) is 2.98. The molecular formula is C18H14N4O2S. The monoisotopic (exact) mass is 350 g/mol.